The van der Waals surface area contributed by atoms with Crippen molar-refractivity contribution < 1.29 is 13.6 Å². The summed E-state index contributed by atoms with van der Waals surface area (Å²) in [6.07, 6.45) is 1.39. The monoisotopic (exact) mass is 344 g/mol. The number of nitrogens with zero attached hydrogens (tertiary/aromatic N) is 1. The van der Waals surface area contributed by atoms with Crippen LogP contribution in [0.15, 0.2) is 60.8 Å². The van der Waals surface area contributed by atoms with Gasteiger partial charge in [-0.2, -0.15) is 0 Å². The van der Waals surface area contributed by atoms with Gasteiger partial charge in [0, 0.05) is 17.4 Å². The molecule has 0 unspecified atom stereocenters. The summed E-state index contributed by atoms with van der Waals surface area (Å²) in [5.74, 6) is -1.32. The average molecular weight is 345 g/mol. The Bertz CT molecular complexity index is 898. The lowest BCUT2D eigenvalue weighted by Crippen LogP contribution is -2.12. The molecule has 6 heteroatoms. The van der Waals surface area contributed by atoms with Gasteiger partial charge >= 0.3 is 0 Å². The molecule has 0 fully saturated rings. The Morgan fingerprint density at radius 1 is 1.04 bits per heavy atom. The Morgan fingerprint density at radius 2 is 1.88 bits per heavy atom. The summed E-state index contributed by atoms with van der Waals surface area (Å²) in [6, 6.07) is 13.1. The summed E-state index contributed by atoms with van der Waals surface area (Å²) in [7, 11) is 0. The minimum Gasteiger partial charge on any atom is -0.322 e. The number of halogens is 3. The third-order valence-electron chi connectivity index (χ3n) is 3.32. The zero-order valence-corrected chi connectivity index (χ0v) is 13.0. The Morgan fingerprint density at radius 3 is 2.54 bits per heavy atom. The lowest BCUT2D eigenvalue weighted by atomic mass is 10.1. The first-order chi connectivity index (χ1) is 11.5. The standard InChI is InChI=1S/C18H11ClF2N2O/c19-15-9-14(5-6-16(15)21)23-18(24)12-4-7-17(22-10-12)11-2-1-3-13(20)8-11/h1-10H,(H,23,24). The molecular formula is C18H11ClF2N2O. The molecule has 0 aliphatic carbocycles. The van der Waals surface area contributed by atoms with E-state index in [-0.39, 0.29) is 10.8 Å². The number of carbonyl (C=O) groups excluding carboxylic acids is 1. The zero-order valence-electron chi connectivity index (χ0n) is 12.3. The van der Waals surface area contributed by atoms with Gasteiger partial charge in [0.25, 0.3) is 5.91 Å². The topological polar surface area (TPSA) is 42.0 Å². The van der Waals surface area contributed by atoms with Crippen molar-refractivity contribution in [3.8, 4) is 11.3 Å². The first kappa shape index (κ1) is 16.1. The van der Waals surface area contributed by atoms with Crippen LogP contribution in [-0.4, -0.2) is 10.9 Å². The predicted octanol–water partition coefficient (Wildman–Crippen LogP) is 4.93. The van der Waals surface area contributed by atoms with Gasteiger partial charge < -0.3 is 5.32 Å². The minimum absolute atomic E-state index is 0.0765. The maximum Gasteiger partial charge on any atom is 0.257 e. The molecule has 1 heterocycles. The number of nitrogens with one attached hydrogen (secondary N) is 1. The molecule has 0 spiro atoms. The molecule has 3 nitrogen and oxygen atoms in total. The third kappa shape index (κ3) is 3.58. The molecule has 0 atom stereocenters. The Kier molecular flexibility index (Phi) is 4.53. The van der Waals surface area contributed by atoms with E-state index >= 15 is 0 Å². The largest absolute Gasteiger partial charge is 0.322 e. The number of amides is 1. The second-order valence-corrected chi connectivity index (χ2v) is 5.43. The van der Waals surface area contributed by atoms with E-state index in [0.717, 1.165) is 0 Å². The van der Waals surface area contributed by atoms with Crippen LogP contribution < -0.4 is 5.32 Å². The van der Waals surface area contributed by atoms with Gasteiger partial charge in [0.1, 0.15) is 11.6 Å². The van der Waals surface area contributed by atoms with Crippen molar-refractivity contribution in [2.75, 3.05) is 5.32 Å². The fourth-order valence-electron chi connectivity index (χ4n) is 2.12. The first-order valence-corrected chi connectivity index (χ1v) is 7.39. The number of hydrogen-bond acceptors (Lipinski definition) is 2. The number of benzene rings is 2. The summed E-state index contributed by atoms with van der Waals surface area (Å²) in [5.41, 5.74) is 1.86. The van der Waals surface area contributed by atoms with E-state index in [1.54, 1.807) is 24.3 Å². The number of rotatable bonds is 3. The molecule has 24 heavy (non-hydrogen) atoms. The van der Waals surface area contributed by atoms with Crippen LogP contribution in [-0.2, 0) is 0 Å². The molecule has 1 aromatic heterocycles. The lowest BCUT2D eigenvalue weighted by molar-refractivity contribution is 0.102. The van der Waals surface area contributed by atoms with Gasteiger partial charge in [0.15, 0.2) is 0 Å². The van der Waals surface area contributed by atoms with Gasteiger partial charge in [-0.05, 0) is 42.5 Å². The molecule has 0 bridgehead atoms. The lowest BCUT2D eigenvalue weighted by Gasteiger charge is -2.07. The Labute approximate surface area is 141 Å². The van der Waals surface area contributed by atoms with Crippen LogP contribution in [0.1, 0.15) is 10.4 Å². The van der Waals surface area contributed by atoms with Gasteiger partial charge in [0.2, 0.25) is 0 Å². The number of pyridine rings is 1. The molecule has 0 aliphatic rings. The van der Waals surface area contributed by atoms with Gasteiger partial charge in [-0.3, -0.25) is 9.78 Å². The van der Waals surface area contributed by atoms with E-state index < -0.39 is 11.7 Å². The molecule has 1 N–H and O–H groups in total. The van der Waals surface area contributed by atoms with E-state index in [2.05, 4.69) is 10.3 Å². The second-order valence-electron chi connectivity index (χ2n) is 5.03. The Balaban J connectivity index is 1.77. The SMILES string of the molecule is O=C(Nc1ccc(F)c(Cl)c1)c1ccc(-c2cccc(F)c2)nc1. The van der Waals surface area contributed by atoms with Crippen LogP contribution in [0.4, 0.5) is 14.5 Å². The summed E-state index contributed by atoms with van der Waals surface area (Å²) >= 11 is 5.68. The molecule has 3 aromatic rings. The summed E-state index contributed by atoms with van der Waals surface area (Å²) in [6.45, 7) is 0. The maximum atomic E-state index is 13.2. The number of anilines is 1. The number of hydrogen-bond donors (Lipinski definition) is 1. The van der Waals surface area contributed by atoms with E-state index in [1.165, 1.54) is 36.5 Å². The highest BCUT2D eigenvalue weighted by molar-refractivity contribution is 6.31. The highest BCUT2D eigenvalue weighted by Gasteiger charge is 2.09. The van der Waals surface area contributed by atoms with E-state index in [4.69, 9.17) is 11.6 Å². The molecule has 0 aliphatic heterocycles. The normalized spacial score (nSPS) is 10.5. The third-order valence-corrected chi connectivity index (χ3v) is 3.61. The maximum absolute atomic E-state index is 13.2. The molecular weight excluding hydrogens is 334 g/mol. The van der Waals surface area contributed by atoms with Crippen LogP contribution in [0, 0.1) is 11.6 Å². The number of carbonyl (C=O) groups is 1. The summed E-state index contributed by atoms with van der Waals surface area (Å²) < 4.78 is 26.3. The highest BCUT2D eigenvalue weighted by atomic mass is 35.5. The summed E-state index contributed by atoms with van der Waals surface area (Å²) in [4.78, 5) is 16.3. The van der Waals surface area contributed by atoms with Crippen molar-refractivity contribution in [1.82, 2.24) is 4.98 Å². The van der Waals surface area contributed by atoms with Gasteiger partial charge in [-0.1, -0.05) is 23.7 Å². The van der Waals surface area contributed by atoms with Gasteiger partial charge in [-0.25, -0.2) is 8.78 Å². The summed E-state index contributed by atoms with van der Waals surface area (Å²) in [5, 5.41) is 2.53. The molecule has 0 saturated carbocycles. The van der Waals surface area contributed by atoms with E-state index in [1.807, 2.05) is 0 Å². The van der Waals surface area contributed by atoms with Crippen LogP contribution >= 0.6 is 11.6 Å². The molecule has 0 radical (unpaired) electrons. The zero-order chi connectivity index (χ0) is 17.1. The smallest absolute Gasteiger partial charge is 0.257 e. The van der Waals surface area contributed by atoms with Crippen molar-refractivity contribution in [3.63, 3.8) is 0 Å². The Hall–Kier alpha value is -2.79. The van der Waals surface area contributed by atoms with Crippen molar-refractivity contribution in [1.29, 1.82) is 0 Å². The number of aromatic nitrogens is 1. The van der Waals surface area contributed by atoms with E-state index in [9.17, 15) is 13.6 Å². The van der Waals surface area contributed by atoms with E-state index in [0.29, 0.717) is 22.5 Å². The minimum atomic E-state index is -0.559. The molecule has 1 amide bonds. The van der Waals surface area contributed by atoms with Gasteiger partial charge in [-0.15, -0.1) is 0 Å². The first-order valence-electron chi connectivity index (χ1n) is 7.01. The van der Waals surface area contributed by atoms with Crippen molar-refractivity contribution in [2.45, 2.75) is 0 Å². The fourth-order valence-corrected chi connectivity index (χ4v) is 2.30. The molecule has 2 aromatic carbocycles. The van der Waals surface area contributed by atoms with Crippen LogP contribution in [0.2, 0.25) is 5.02 Å². The highest BCUT2D eigenvalue weighted by Crippen LogP contribution is 2.21. The quantitative estimate of drug-likeness (QED) is 0.731. The molecule has 3 rings (SSSR count). The van der Waals surface area contributed by atoms with Crippen molar-refractivity contribution in [2.24, 2.45) is 0 Å². The fraction of sp³-hybridized carbons (Fsp3) is 0. The average Bonchev–Trinajstić information content (AvgIpc) is 2.58. The second kappa shape index (κ2) is 6.76. The van der Waals surface area contributed by atoms with Crippen LogP contribution in [0.3, 0.4) is 0 Å². The van der Waals surface area contributed by atoms with Crippen LogP contribution in [0.25, 0.3) is 11.3 Å². The van der Waals surface area contributed by atoms with Gasteiger partial charge in [0.05, 0.1) is 16.3 Å². The molecule has 120 valence electrons. The van der Waals surface area contributed by atoms with Crippen molar-refractivity contribution >= 4 is 23.2 Å². The molecule has 0 saturated heterocycles. The predicted molar refractivity (Wildman–Crippen MR) is 89.0 cm³/mol. The van der Waals surface area contributed by atoms with Crippen LogP contribution in [0.5, 0.6) is 0 Å². The van der Waals surface area contributed by atoms with Crippen molar-refractivity contribution in [3.05, 3.63) is 83.0 Å².